The van der Waals surface area contributed by atoms with Crippen LogP contribution in [-0.4, -0.2) is 30.8 Å². The molecule has 4 rings (SSSR count). The van der Waals surface area contributed by atoms with Crippen molar-refractivity contribution >= 4 is 22.9 Å². The number of furan rings is 1. The standard InChI is InChI=1S/C23H23N5O4/c1-4-9-27-22-19(18(20(24)30)25-21(26-22)17-6-5-10-32-17)28(23(27)31)12-16(29)15-8-7-13(2)11-14(15)3/h5-8,10-11H,4,9,12H2,1-3H3,(H2,24,30). The van der Waals surface area contributed by atoms with Crippen LogP contribution in [0.3, 0.4) is 0 Å². The van der Waals surface area contributed by atoms with Gasteiger partial charge in [0.15, 0.2) is 28.7 Å². The van der Waals surface area contributed by atoms with Crippen molar-refractivity contribution in [2.45, 2.75) is 40.3 Å². The molecule has 9 nitrogen and oxygen atoms in total. The lowest BCUT2D eigenvalue weighted by Gasteiger charge is -2.08. The molecular weight excluding hydrogens is 410 g/mol. The van der Waals surface area contributed by atoms with E-state index in [0.29, 0.717) is 24.3 Å². The van der Waals surface area contributed by atoms with Crippen molar-refractivity contribution in [3.8, 4) is 11.6 Å². The molecule has 2 N–H and O–H groups in total. The molecule has 0 spiro atoms. The van der Waals surface area contributed by atoms with Gasteiger partial charge in [-0.1, -0.05) is 30.7 Å². The number of aromatic nitrogens is 4. The molecule has 0 unspecified atom stereocenters. The average molecular weight is 433 g/mol. The van der Waals surface area contributed by atoms with Gasteiger partial charge >= 0.3 is 5.69 Å². The number of imidazole rings is 1. The summed E-state index contributed by atoms with van der Waals surface area (Å²) in [4.78, 5) is 47.4. The Hall–Kier alpha value is -4.01. The van der Waals surface area contributed by atoms with Gasteiger partial charge in [-0.15, -0.1) is 0 Å². The van der Waals surface area contributed by atoms with Crippen LogP contribution < -0.4 is 11.4 Å². The Labute approximate surface area is 183 Å². The summed E-state index contributed by atoms with van der Waals surface area (Å²) in [7, 11) is 0. The van der Waals surface area contributed by atoms with Crippen molar-refractivity contribution in [2.75, 3.05) is 0 Å². The quantitative estimate of drug-likeness (QED) is 0.447. The zero-order valence-electron chi connectivity index (χ0n) is 18.1. The highest BCUT2D eigenvalue weighted by Crippen LogP contribution is 2.23. The van der Waals surface area contributed by atoms with Gasteiger partial charge < -0.3 is 10.2 Å². The molecule has 32 heavy (non-hydrogen) atoms. The maximum absolute atomic E-state index is 13.3. The van der Waals surface area contributed by atoms with Crippen LogP contribution in [0.15, 0.2) is 45.8 Å². The number of amides is 1. The summed E-state index contributed by atoms with van der Waals surface area (Å²) in [5, 5.41) is 0. The number of carbonyl (C=O) groups excluding carboxylic acids is 2. The van der Waals surface area contributed by atoms with Crippen molar-refractivity contribution in [2.24, 2.45) is 5.73 Å². The van der Waals surface area contributed by atoms with Crippen molar-refractivity contribution in [3.63, 3.8) is 0 Å². The third-order valence-electron chi connectivity index (χ3n) is 5.26. The average Bonchev–Trinajstić information content (AvgIpc) is 3.36. The number of nitrogens with zero attached hydrogens (tertiary/aromatic N) is 4. The minimum atomic E-state index is -0.827. The number of ketones is 1. The van der Waals surface area contributed by atoms with E-state index in [0.717, 1.165) is 11.1 Å². The molecule has 0 atom stereocenters. The molecule has 164 valence electrons. The highest BCUT2D eigenvalue weighted by atomic mass is 16.3. The van der Waals surface area contributed by atoms with E-state index >= 15 is 0 Å². The smallest absolute Gasteiger partial charge is 0.330 e. The number of hydrogen-bond donors (Lipinski definition) is 1. The molecule has 0 aliphatic carbocycles. The van der Waals surface area contributed by atoms with E-state index in [2.05, 4.69) is 9.97 Å². The third kappa shape index (κ3) is 3.62. The van der Waals surface area contributed by atoms with Crippen LogP contribution in [0.5, 0.6) is 0 Å². The fourth-order valence-electron chi connectivity index (χ4n) is 3.83. The van der Waals surface area contributed by atoms with Gasteiger partial charge in [0, 0.05) is 12.1 Å². The second-order valence-electron chi connectivity index (χ2n) is 7.67. The molecule has 0 saturated carbocycles. The van der Waals surface area contributed by atoms with E-state index in [-0.39, 0.29) is 35.0 Å². The molecule has 0 aliphatic rings. The van der Waals surface area contributed by atoms with Crippen LogP contribution in [0.4, 0.5) is 0 Å². The number of benzene rings is 1. The number of hydrogen-bond acceptors (Lipinski definition) is 6. The van der Waals surface area contributed by atoms with Crippen molar-refractivity contribution in [3.05, 3.63) is 69.5 Å². The third-order valence-corrected chi connectivity index (χ3v) is 5.26. The summed E-state index contributed by atoms with van der Waals surface area (Å²) in [5.41, 5.74) is 7.76. The lowest BCUT2D eigenvalue weighted by molar-refractivity contribution is 0.0965. The number of rotatable bonds is 7. The topological polar surface area (TPSA) is 126 Å². The molecule has 3 aromatic heterocycles. The summed E-state index contributed by atoms with van der Waals surface area (Å²) in [6.45, 7) is 5.79. The Balaban J connectivity index is 1.94. The molecule has 4 aromatic rings. The number of Topliss-reactive ketones (excluding diaryl/α,β-unsaturated/α-hetero) is 1. The first-order chi connectivity index (χ1) is 15.3. The lowest BCUT2D eigenvalue weighted by Crippen LogP contribution is -2.28. The predicted octanol–water partition coefficient (Wildman–Crippen LogP) is 2.86. The molecule has 1 amide bonds. The summed E-state index contributed by atoms with van der Waals surface area (Å²) in [6.07, 6.45) is 2.11. The van der Waals surface area contributed by atoms with Crippen LogP contribution in [0, 0.1) is 13.8 Å². The molecule has 1 aromatic carbocycles. The predicted molar refractivity (Wildman–Crippen MR) is 119 cm³/mol. The minimum absolute atomic E-state index is 0.137. The van der Waals surface area contributed by atoms with E-state index in [1.54, 1.807) is 18.2 Å². The lowest BCUT2D eigenvalue weighted by atomic mass is 10.0. The Morgan fingerprint density at radius 3 is 2.53 bits per heavy atom. The van der Waals surface area contributed by atoms with Crippen LogP contribution in [0.1, 0.15) is 45.3 Å². The number of primary amides is 1. The molecule has 9 heteroatoms. The van der Waals surface area contributed by atoms with Gasteiger partial charge in [0.2, 0.25) is 0 Å². The first kappa shape index (κ1) is 21.2. The number of carbonyl (C=O) groups is 2. The van der Waals surface area contributed by atoms with Gasteiger partial charge in [0.1, 0.15) is 5.52 Å². The highest BCUT2D eigenvalue weighted by molar-refractivity contribution is 6.03. The fourth-order valence-corrected chi connectivity index (χ4v) is 3.83. The van der Waals surface area contributed by atoms with Crippen molar-refractivity contribution in [1.82, 2.24) is 19.1 Å². The maximum Gasteiger partial charge on any atom is 0.330 e. The van der Waals surface area contributed by atoms with Crippen LogP contribution in [-0.2, 0) is 13.1 Å². The van der Waals surface area contributed by atoms with E-state index in [9.17, 15) is 14.4 Å². The first-order valence-corrected chi connectivity index (χ1v) is 10.3. The summed E-state index contributed by atoms with van der Waals surface area (Å²) < 4.78 is 8.03. The van der Waals surface area contributed by atoms with E-state index in [4.69, 9.17) is 10.2 Å². The van der Waals surface area contributed by atoms with E-state index < -0.39 is 11.6 Å². The first-order valence-electron chi connectivity index (χ1n) is 10.3. The minimum Gasteiger partial charge on any atom is -0.461 e. The van der Waals surface area contributed by atoms with Crippen molar-refractivity contribution in [1.29, 1.82) is 0 Å². The molecule has 0 bridgehead atoms. The zero-order valence-corrected chi connectivity index (χ0v) is 18.1. The van der Waals surface area contributed by atoms with Gasteiger partial charge in [-0.25, -0.2) is 14.8 Å². The van der Waals surface area contributed by atoms with Crippen LogP contribution in [0.25, 0.3) is 22.7 Å². The second kappa shape index (κ2) is 8.26. The van der Waals surface area contributed by atoms with E-state index in [1.165, 1.54) is 15.4 Å². The normalized spacial score (nSPS) is 11.2. The Morgan fingerprint density at radius 2 is 1.91 bits per heavy atom. The van der Waals surface area contributed by atoms with Crippen LogP contribution in [0.2, 0.25) is 0 Å². The van der Waals surface area contributed by atoms with Gasteiger partial charge in [-0.3, -0.25) is 18.7 Å². The number of aryl methyl sites for hydroxylation is 3. The summed E-state index contributed by atoms with van der Waals surface area (Å²) in [5.74, 6) is -0.611. The van der Waals surface area contributed by atoms with Gasteiger partial charge in [-0.05, 0) is 38.0 Å². The second-order valence-corrected chi connectivity index (χ2v) is 7.67. The maximum atomic E-state index is 13.3. The van der Waals surface area contributed by atoms with Crippen LogP contribution >= 0.6 is 0 Å². The molecule has 0 fully saturated rings. The molecular formula is C23H23N5O4. The number of fused-ring (bicyclic) bond motifs is 1. The molecule has 0 radical (unpaired) electrons. The van der Waals surface area contributed by atoms with Crippen molar-refractivity contribution < 1.29 is 14.0 Å². The van der Waals surface area contributed by atoms with Gasteiger partial charge in [0.05, 0.1) is 12.8 Å². The Kier molecular flexibility index (Phi) is 5.48. The largest absolute Gasteiger partial charge is 0.461 e. The summed E-state index contributed by atoms with van der Waals surface area (Å²) in [6, 6.07) is 8.80. The molecule has 0 saturated heterocycles. The monoisotopic (exact) mass is 433 g/mol. The zero-order chi connectivity index (χ0) is 23.0. The summed E-state index contributed by atoms with van der Waals surface area (Å²) >= 11 is 0. The number of nitrogens with two attached hydrogens (primary N) is 1. The Bertz CT molecular complexity index is 1400. The van der Waals surface area contributed by atoms with E-state index in [1.807, 2.05) is 32.9 Å². The SMILES string of the molecule is CCCn1c(=O)n(CC(=O)c2ccc(C)cc2C)c2c(C(N)=O)nc(-c3ccco3)nc21. The van der Waals surface area contributed by atoms with Gasteiger partial charge in [0.25, 0.3) is 5.91 Å². The Morgan fingerprint density at radius 1 is 1.12 bits per heavy atom. The molecule has 0 aliphatic heterocycles. The fraction of sp³-hybridized carbons (Fsp3) is 0.261. The highest BCUT2D eigenvalue weighted by Gasteiger charge is 2.25. The van der Waals surface area contributed by atoms with Gasteiger partial charge in [-0.2, -0.15) is 0 Å². The molecule has 3 heterocycles.